The molecule has 10 N–H and O–H groups in total. The average Bonchev–Trinajstić information content (AvgIpc) is 4.15. The van der Waals surface area contributed by atoms with Crippen molar-refractivity contribution in [3.63, 3.8) is 0 Å². The molecule has 3 aliphatic carbocycles. The normalized spacial score (nSPS) is 19.0. The van der Waals surface area contributed by atoms with E-state index in [1.807, 2.05) is 149 Å². The molecular weight excluding hydrogens is 1090 g/mol. The number of allylic oxidation sites excluding steroid dienone is 6. The van der Waals surface area contributed by atoms with E-state index in [1.54, 1.807) is 14.1 Å². The summed E-state index contributed by atoms with van der Waals surface area (Å²) in [6.07, 6.45) is 17.3. The van der Waals surface area contributed by atoms with Crippen molar-refractivity contribution in [1.82, 2.24) is 10.6 Å². The first-order valence-electron chi connectivity index (χ1n) is 26.6. The number of aliphatic imine (C=N–C) groups is 2. The third-order valence-electron chi connectivity index (χ3n) is 15.2. The van der Waals surface area contributed by atoms with Gasteiger partial charge < -0.3 is 42.9 Å². The number of para-hydroxylation sites is 2. The van der Waals surface area contributed by atoms with Crippen molar-refractivity contribution in [1.29, 1.82) is 0 Å². The molecule has 0 aromatic heterocycles. The van der Waals surface area contributed by atoms with E-state index in [0.29, 0.717) is 55.6 Å². The van der Waals surface area contributed by atoms with Crippen molar-refractivity contribution in [2.75, 3.05) is 23.9 Å². The zero-order chi connectivity index (χ0) is 54.6. The summed E-state index contributed by atoms with van der Waals surface area (Å²) in [4.78, 5) is 92.4. The molecule has 0 spiro atoms. The van der Waals surface area contributed by atoms with Crippen LogP contribution in [0.2, 0.25) is 0 Å². The van der Waals surface area contributed by atoms with Crippen LogP contribution in [0, 0.1) is 34.5 Å². The van der Waals surface area contributed by atoms with Gasteiger partial charge in [0.2, 0.25) is 36.0 Å². The van der Waals surface area contributed by atoms with Gasteiger partial charge >= 0.3 is 0 Å². The van der Waals surface area contributed by atoms with Crippen molar-refractivity contribution in [3.8, 4) is 0 Å². The number of likely N-dealkylation sites (N-methyl/N-ethyl adjacent to an activating group) is 2. The number of rotatable bonds is 14. The first-order chi connectivity index (χ1) is 36.5. The second-order valence-corrected chi connectivity index (χ2v) is 21.2. The van der Waals surface area contributed by atoms with Crippen LogP contribution in [0.25, 0.3) is 0 Å². The Hall–Kier alpha value is -7.16. The largest absolute Gasteiger partial charge is 0.412 e. The third-order valence-corrected chi connectivity index (χ3v) is 15.2. The Morgan fingerprint density at radius 3 is 1.23 bits per heavy atom. The molecule has 79 heavy (non-hydrogen) atoms. The minimum absolute atomic E-state index is 0. The summed E-state index contributed by atoms with van der Waals surface area (Å²) in [6.45, 7) is 8.06. The second-order valence-electron chi connectivity index (χ2n) is 21.2. The standard InChI is InChI=1S/C28H34N4O3.C28H32N4O3.C6H8.2H2O.Pd/c2*1-18(2)17-21(28(27(29)35)15-9-10-16-28)25(33)31-24-26(34)32(3)22-14-8-7-13-20(22)23(30-24)19-11-5-4-6-12-19;1-2-4-6-5-3-1;;;/h4-8,11-14,18,21,24H,9-10,15-17H2,1-3H3,(H2,29,35)(H,31,33);4-14,18,21,24H,15-17H2,1-3H3,(H2,29,35)(H,31,33);1-2,5-6H,3-4H2;2*1H2;/t2*21-,24+;;;;/m00..../s1. The average molecular weight is 1170 g/mol. The second kappa shape index (κ2) is 29.2. The number of benzene rings is 4. The molecule has 2 heterocycles. The number of hydrogen-bond donors (Lipinski definition) is 4. The number of nitrogens with one attached hydrogen (secondary N) is 2. The van der Waals surface area contributed by atoms with Crippen molar-refractivity contribution in [3.05, 3.63) is 168 Å². The molecule has 0 radical (unpaired) electrons. The number of carbonyl (C=O) groups is 6. The molecule has 6 amide bonds. The minimum Gasteiger partial charge on any atom is -0.412 e. The molecular formula is C62H78N8O8Pd. The van der Waals surface area contributed by atoms with Gasteiger partial charge in [0.05, 0.1) is 45.5 Å². The van der Waals surface area contributed by atoms with Gasteiger partial charge in [-0.3, -0.25) is 28.8 Å². The summed E-state index contributed by atoms with van der Waals surface area (Å²) in [5.74, 6) is -3.27. The number of anilines is 2. The van der Waals surface area contributed by atoms with Gasteiger partial charge in [0.25, 0.3) is 11.8 Å². The van der Waals surface area contributed by atoms with Crippen molar-refractivity contribution < 1.29 is 60.1 Å². The van der Waals surface area contributed by atoms with E-state index in [9.17, 15) is 28.8 Å². The van der Waals surface area contributed by atoms with Crippen LogP contribution in [-0.4, -0.2) is 84.2 Å². The summed E-state index contributed by atoms with van der Waals surface area (Å²) in [6, 6.07) is 34.4. The minimum atomic E-state index is -1.14. The maximum atomic E-state index is 13.8. The van der Waals surface area contributed by atoms with Gasteiger partial charge in [0, 0.05) is 56.8 Å². The van der Waals surface area contributed by atoms with E-state index in [2.05, 4.69) is 34.9 Å². The van der Waals surface area contributed by atoms with Gasteiger partial charge in [-0.05, 0) is 75.3 Å². The van der Waals surface area contributed by atoms with Gasteiger partial charge in [-0.2, -0.15) is 0 Å². The molecule has 17 heteroatoms. The van der Waals surface area contributed by atoms with Crippen LogP contribution >= 0.6 is 0 Å². The van der Waals surface area contributed by atoms with Gasteiger partial charge in [0.15, 0.2) is 0 Å². The molecule has 4 atom stereocenters. The van der Waals surface area contributed by atoms with Crippen LogP contribution in [0.1, 0.15) is 114 Å². The number of hydrogen-bond acceptors (Lipinski definition) is 8. The van der Waals surface area contributed by atoms with Crippen LogP contribution < -0.4 is 31.9 Å². The third kappa shape index (κ3) is 14.8. The summed E-state index contributed by atoms with van der Waals surface area (Å²) in [5.41, 5.74) is 15.9. The number of nitrogens with zero attached hydrogens (tertiary/aromatic N) is 4. The van der Waals surface area contributed by atoms with Gasteiger partial charge in [0.1, 0.15) is 0 Å². The van der Waals surface area contributed by atoms with Crippen LogP contribution in [0.3, 0.4) is 0 Å². The summed E-state index contributed by atoms with van der Waals surface area (Å²) in [7, 11) is 3.37. The Kier molecular flexibility index (Phi) is 23.8. The fourth-order valence-electron chi connectivity index (χ4n) is 11.1. The van der Waals surface area contributed by atoms with Crippen molar-refractivity contribution in [2.45, 2.75) is 104 Å². The Labute approximate surface area is 478 Å². The number of benzodiazepines with no additional fused rings is 2. The van der Waals surface area contributed by atoms with Gasteiger partial charge in [-0.1, -0.05) is 174 Å². The molecule has 16 nitrogen and oxygen atoms in total. The SMILES string of the molecule is C1=CCC=CC1.CC(C)C[C@@H](C(=O)N[C@H]1N=C(c2ccccc2)c2ccccc2N(C)C1=O)C1(C(N)=O)CC=CC1.CC(C)C[C@@H](C(=O)N[C@H]1N=C(c2ccccc2)c2ccccc2N(C)C1=O)C1(C(N)=O)CCCC1.O.O.[Pd]. The maximum Gasteiger partial charge on any atom is 0.272 e. The zero-order valence-electron chi connectivity index (χ0n) is 46.1. The maximum absolute atomic E-state index is 13.8. The summed E-state index contributed by atoms with van der Waals surface area (Å²) >= 11 is 0. The van der Waals surface area contributed by atoms with Crippen LogP contribution in [0.4, 0.5) is 11.4 Å². The first-order valence-corrected chi connectivity index (χ1v) is 26.6. The molecule has 4 aromatic carbocycles. The molecule has 0 saturated heterocycles. The zero-order valence-corrected chi connectivity index (χ0v) is 47.7. The topological polar surface area (TPSA) is 273 Å². The number of carbonyl (C=O) groups excluding carboxylic acids is 6. The van der Waals surface area contributed by atoms with E-state index in [4.69, 9.17) is 21.5 Å². The fourth-order valence-corrected chi connectivity index (χ4v) is 11.1. The molecule has 1 saturated carbocycles. The molecule has 0 unspecified atom stereocenters. The molecule has 1 fully saturated rings. The predicted molar refractivity (Wildman–Crippen MR) is 308 cm³/mol. The quantitative estimate of drug-likeness (QED) is 0.0741. The number of primary amides is 2. The monoisotopic (exact) mass is 1170 g/mol. The van der Waals surface area contributed by atoms with E-state index in [-0.39, 0.29) is 66.8 Å². The Morgan fingerprint density at radius 1 is 0.544 bits per heavy atom. The molecule has 0 bridgehead atoms. The van der Waals surface area contributed by atoms with Gasteiger partial charge in [-0.25, -0.2) is 9.98 Å². The molecule has 4 aromatic rings. The molecule has 424 valence electrons. The van der Waals surface area contributed by atoms with Crippen LogP contribution in [0.5, 0.6) is 0 Å². The van der Waals surface area contributed by atoms with E-state index in [1.165, 1.54) is 9.80 Å². The summed E-state index contributed by atoms with van der Waals surface area (Å²) < 4.78 is 0. The first kappa shape index (κ1) is 64.4. The smallest absolute Gasteiger partial charge is 0.272 e. The number of fused-ring (bicyclic) bond motifs is 2. The Morgan fingerprint density at radius 2 is 0.886 bits per heavy atom. The van der Waals surface area contributed by atoms with E-state index in [0.717, 1.165) is 53.6 Å². The van der Waals surface area contributed by atoms with Crippen molar-refractivity contribution in [2.24, 2.45) is 56.0 Å². The molecule has 9 rings (SSSR count). The fraction of sp³-hybridized carbons (Fsp3) is 0.387. The molecule has 2 aliphatic heterocycles. The van der Waals surface area contributed by atoms with Gasteiger partial charge in [-0.15, -0.1) is 0 Å². The number of amides is 6. The summed E-state index contributed by atoms with van der Waals surface area (Å²) in [5, 5.41) is 5.79. The van der Waals surface area contributed by atoms with E-state index >= 15 is 0 Å². The predicted octanol–water partition coefficient (Wildman–Crippen LogP) is 7.32. The number of nitrogens with two attached hydrogens (primary N) is 2. The van der Waals surface area contributed by atoms with E-state index < -0.39 is 46.8 Å². The Balaban J connectivity index is 0.000000297. The van der Waals surface area contributed by atoms with Crippen molar-refractivity contribution >= 4 is 58.2 Å². The molecule has 5 aliphatic rings. The van der Waals surface area contributed by atoms with Crippen LogP contribution in [0.15, 0.2) is 156 Å². The van der Waals surface area contributed by atoms with Crippen LogP contribution in [-0.2, 0) is 49.2 Å². The Bertz CT molecular complexity index is 2720.